The molecule has 0 amide bonds. The molecule has 0 aromatic carbocycles. The van der Waals surface area contributed by atoms with Crippen molar-refractivity contribution >= 4 is 0 Å². The molecule has 0 N–H and O–H groups in total. The van der Waals surface area contributed by atoms with E-state index in [1.165, 1.54) is 42.4 Å². The average molecular weight is 463 g/mol. The second-order valence-electron chi connectivity index (χ2n) is 9.12. The first-order valence-electron chi connectivity index (χ1n) is 13.1. The van der Waals surface area contributed by atoms with E-state index in [0.29, 0.717) is 5.41 Å². The summed E-state index contributed by atoms with van der Waals surface area (Å²) in [6.45, 7) is 42.7. The molecule has 0 heterocycles. The molecule has 0 saturated carbocycles. The van der Waals surface area contributed by atoms with Gasteiger partial charge in [0, 0.05) is 0 Å². The molecule has 0 aromatic rings. The third-order valence-corrected chi connectivity index (χ3v) is 3.21. The third-order valence-electron chi connectivity index (χ3n) is 3.21. The van der Waals surface area contributed by atoms with Gasteiger partial charge in [0.15, 0.2) is 0 Å². The van der Waals surface area contributed by atoms with E-state index in [-0.39, 0.29) is 0 Å². The SMILES string of the molecule is C=C(C)C=C(C)C.C=C(C=C(C)C)CCCC.C=C/C=C\C.CC.CC.CCCC(C)(C)C. The summed E-state index contributed by atoms with van der Waals surface area (Å²) in [5, 5.41) is 0. The minimum absolute atomic E-state index is 0.550. The molecule has 0 aliphatic rings. The average Bonchev–Trinajstić information content (AvgIpc) is 2.69. The van der Waals surface area contributed by atoms with Crippen molar-refractivity contribution in [3.63, 3.8) is 0 Å². The van der Waals surface area contributed by atoms with E-state index in [1.807, 2.05) is 53.7 Å². The normalized spacial score (nSPS) is 8.70. The highest BCUT2D eigenvalue weighted by Crippen LogP contribution is 2.19. The highest BCUT2D eigenvalue weighted by atomic mass is 14.1. The predicted molar refractivity (Wildman–Crippen MR) is 164 cm³/mol. The Labute approximate surface area is 213 Å². The lowest BCUT2D eigenvalue weighted by Crippen LogP contribution is -2.02. The van der Waals surface area contributed by atoms with Crippen LogP contribution in [0.2, 0.25) is 0 Å². The van der Waals surface area contributed by atoms with Crippen molar-refractivity contribution in [1.82, 2.24) is 0 Å². The van der Waals surface area contributed by atoms with Gasteiger partial charge in [0.2, 0.25) is 0 Å². The molecule has 0 nitrogen and oxygen atoms in total. The van der Waals surface area contributed by atoms with E-state index >= 15 is 0 Å². The van der Waals surface area contributed by atoms with Crippen LogP contribution in [0, 0.1) is 5.41 Å². The topological polar surface area (TPSA) is 0 Å². The van der Waals surface area contributed by atoms with Crippen molar-refractivity contribution < 1.29 is 0 Å². The number of hydrogen-bond donors (Lipinski definition) is 0. The Bertz CT molecular complexity index is 479. The molecule has 0 heteroatoms. The standard InChI is InChI=1S/C10H18.C7H12.C7H16.C5H8.2C2H6/c1-5-6-7-10(4)8-9(2)3;1-6(2)5-7(3)4;1-5-6-7(2,3)4;1-3-5-4-2;2*1-2/h8H,4-7H2,1-3H3;5H,1H2,2-4H3;5-6H2,1-4H3;3-5H,1H2,2H3;2*1-2H3/b;;;5-4-;;. The van der Waals surface area contributed by atoms with Crippen molar-refractivity contribution in [3.05, 3.63) is 72.4 Å². The van der Waals surface area contributed by atoms with Gasteiger partial charge in [-0.15, -0.1) is 0 Å². The van der Waals surface area contributed by atoms with Crippen LogP contribution in [-0.4, -0.2) is 0 Å². The lowest BCUT2D eigenvalue weighted by molar-refractivity contribution is 0.373. The first-order valence-corrected chi connectivity index (χ1v) is 13.1. The summed E-state index contributed by atoms with van der Waals surface area (Å²) in [6.07, 6.45) is 16.1. The van der Waals surface area contributed by atoms with Gasteiger partial charge in [-0.25, -0.2) is 0 Å². The van der Waals surface area contributed by atoms with Gasteiger partial charge in [0.1, 0.15) is 0 Å². The fourth-order valence-corrected chi connectivity index (χ4v) is 2.26. The highest BCUT2D eigenvalue weighted by molar-refractivity contribution is 5.18. The van der Waals surface area contributed by atoms with E-state index in [1.54, 1.807) is 6.08 Å². The minimum atomic E-state index is 0.550. The largest absolute Gasteiger partial charge is 0.0991 e. The first kappa shape index (κ1) is 45.0. The Balaban J connectivity index is -0.0000000716. The summed E-state index contributed by atoms with van der Waals surface area (Å²) in [6, 6.07) is 0. The van der Waals surface area contributed by atoms with Gasteiger partial charge in [-0.2, -0.15) is 0 Å². The Kier molecular flexibility index (Phi) is 51.5. The molecule has 0 rings (SSSR count). The van der Waals surface area contributed by atoms with Crippen LogP contribution in [-0.2, 0) is 0 Å². The van der Waals surface area contributed by atoms with Crippen molar-refractivity contribution in [1.29, 1.82) is 0 Å². The molecule has 0 aliphatic carbocycles. The van der Waals surface area contributed by atoms with Gasteiger partial charge in [0.25, 0.3) is 0 Å². The van der Waals surface area contributed by atoms with Crippen LogP contribution in [0.1, 0.15) is 136 Å². The zero-order chi connectivity index (χ0) is 27.9. The Hall–Kier alpha value is -1.56. The van der Waals surface area contributed by atoms with Crippen LogP contribution in [0.25, 0.3) is 0 Å². The monoisotopic (exact) mass is 463 g/mol. The number of hydrogen-bond acceptors (Lipinski definition) is 0. The molecule has 198 valence electrons. The fourth-order valence-electron chi connectivity index (χ4n) is 2.26. The molecule has 33 heavy (non-hydrogen) atoms. The maximum atomic E-state index is 3.96. The highest BCUT2D eigenvalue weighted by Gasteiger charge is 2.06. The van der Waals surface area contributed by atoms with Crippen LogP contribution < -0.4 is 0 Å². The zero-order valence-corrected chi connectivity index (χ0v) is 26.0. The first-order chi connectivity index (χ1) is 15.3. The van der Waals surface area contributed by atoms with E-state index < -0.39 is 0 Å². The van der Waals surface area contributed by atoms with Crippen LogP contribution in [0.5, 0.6) is 0 Å². The van der Waals surface area contributed by atoms with Crippen LogP contribution >= 0.6 is 0 Å². The third kappa shape index (κ3) is 91.1. The van der Waals surface area contributed by atoms with Crippen LogP contribution in [0.4, 0.5) is 0 Å². The van der Waals surface area contributed by atoms with Crippen LogP contribution in [0.3, 0.4) is 0 Å². The molecule has 0 fully saturated rings. The quantitative estimate of drug-likeness (QED) is 0.330. The molecular weight excluding hydrogens is 396 g/mol. The maximum absolute atomic E-state index is 3.96. The molecule has 0 bridgehead atoms. The van der Waals surface area contributed by atoms with E-state index in [4.69, 9.17) is 0 Å². The summed E-state index contributed by atoms with van der Waals surface area (Å²) < 4.78 is 0. The Morgan fingerprint density at radius 3 is 1.30 bits per heavy atom. The molecule has 0 spiro atoms. The Morgan fingerprint density at radius 2 is 1.18 bits per heavy atom. The summed E-state index contributed by atoms with van der Waals surface area (Å²) >= 11 is 0. The molecule has 0 aromatic heterocycles. The van der Waals surface area contributed by atoms with E-state index in [9.17, 15) is 0 Å². The fraction of sp³-hybridized carbons (Fsp3) is 0.636. The van der Waals surface area contributed by atoms with Gasteiger partial charge in [-0.1, -0.05) is 148 Å². The zero-order valence-electron chi connectivity index (χ0n) is 26.0. The number of rotatable bonds is 7. The number of unbranched alkanes of at least 4 members (excludes halogenated alkanes) is 1. The summed E-state index contributed by atoms with van der Waals surface area (Å²) in [5.41, 5.74) is 5.60. The van der Waals surface area contributed by atoms with Gasteiger partial charge in [0.05, 0.1) is 0 Å². The maximum Gasteiger partial charge on any atom is -0.0285 e. The summed E-state index contributed by atoms with van der Waals surface area (Å²) in [7, 11) is 0. The molecule has 0 unspecified atom stereocenters. The second kappa shape index (κ2) is 37.7. The Morgan fingerprint density at radius 1 is 0.758 bits per heavy atom. The van der Waals surface area contributed by atoms with Gasteiger partial charge >= 0.3 is 0 Å². The molecule has 0 saturated heterocycles. The van der Waals surface area contributed by atoms with Gasteiger partial charge in [-0.3, -0.25) is 0 Å². The minimum Gasteiger partial charge on any atom is -0.0991 e. The predicted octanol–water partition coefficient (Wildman–Crippen LogP) is 12.9. The van der Waals surface area contributed by atoms with Crippen molar-refractivity contribution in [3.8, 4) is 0 Å². The van der Waals surface area contributed by atoms with Gasteiger partial charge < -0.3 is 0 Å². The second-order valence-corrected chi connectivity index (χ2v) is 9.12. The molecule has 0 aliphatic heterocycles. The lowest BCUT2D eigenvalue weighted by atomic mass is 9.91. The number of allylic oxidation sites excluding steroid dienone is 9. The smallest absolute Gasteiger partial charge is 0.0285 e. The van der Waals surface area contributed by atoms with Crippen molar-refractivity contribution in [2.75, 3.05) is 0 Å². The van der Waals surface area contributed by atoms with Gasteiger partial charge in [-0.05, 0) is 66.2 Å². The lowest BCUT2D eigenvalue weighted by Gasteiger charge is -2.15. The summed E-state index contributed by atoms with van der Waals surface area (Å²) in [4.78, 5) is 0. The van der Waals surface area contributed by atoms with Crippen molar-refractivity contribution in [2.24, 2.45) is 5.41 Å². The van der Waals surface area contributed by atoms with E-state index in [0.717, 1.165) is 12.0 Å². The van der Waals surface area contributed by atoms with Crippen molar-refractivity contribution in [2.45, 2.75) is 136 Å². The summed E-state index contributed by atoms with van der Waals surface area (Å²) in [5.74, 6) is 0. The molecular formula is C33H66. The van der Waals surface area contributed by atoms with Crippen LogP contribution in [0.15, 0.2) is 72.4 Å². The molecule has 0 radical (unpaired) electrons. The van der Waals surface area contributed by atoms with E-state index in [2.05, 4.69) is 94.2 Å². The molecule has 0 atom stereocenters.